The second kappa shape index (κ2) is 3.87. The molecule has 16 heavy (non-hydrogen) atoms. The molecule has 5 heteroatoms. The van der Waals surface area contributed by atoms with Crippen molar-refractivity contribution in [2.75, 3.05) is 5.73 Å². The van der Waals surface area contributed by atoms with Crippen LogP contribution >= 0.6 is 11.6 Å². The van der Waals surface area contributed by atoms with E-state index in [1.54, 1.807) is 19.1 Å². The van der Waals surface area contributed by atoms with Crippen molar-refractivity contribution in [1.82, 2.24) is 4.98 Å². The fourth-order valence-electron chi connectivity index (χ4n) is 1.59. The van der Waals surface area contributed by atoms with Gasteiger partial charge < -0.3 is 5.73 Å². The molecule has 1 heterocycles. The molecular weight excluding hydrogens is 234 g/mol. The largest absolute Gasteiger partial charge is 0.398 e. The summed E-state index contributed by atoms with van der Waals surface area (Å²) in [6, 6.07) is 4.57. The highest BCUT2D eigenvalue weighted by atomic mass is 35.5. The Labute approximate surface area is 96.0 Å². The molecule has 0 atom stereocenters. The second-order valence-electron chi connectivity index (χ2n) is 3.52. The van der Waals surface area contributed by atoms with Crippen LogP contribution in [0.3, 0.4) is 0 Å². The van der Waals surface area contributed by atoms with E-state index in [4.69, 9.17) is 17.3 Å². The lowest BCUT2D eigenvalue weighted by molar-refractivity contribution is 0.146. The summed E-state index contributed by atoms with van der Waals surface area (Å²) >= 11 is 5.96. The number of hydrogen-bond acceptors (Lipinski definition) is 2. The van der Waals surface area contributed by atoms with Crippen LogP contribution in [0.4, 0.5) is 14.5 Å². The van der Waals surface area contributed by atoms with Gasteiger partial charge in [-0.1, -0.05) is 17.7 Å². The van der Waals surface area contributed by atoms with E-state index < -0.39 is 6.43 Å². The van der Waals surface area contributed by atoms with Crippen molar-refractivity contribution in [2.45, 2.75) is 13.3 Å². The molecule has 0 aliphatic carbocycles. The number of fused-ring (bicyclic) bond motifs is 1. The molecule has 0 fully saturated rings. The van der Waals surface area contributed by atoms with Gasteiger partial charge in [-0.25, -0.2) is 13.8 Å². The third-order valence-corrected chi connectivity index (χ3v) is 2.70. The highest BCUT2D eigenvalue weighted by Crippen LogP contribution is 2.32. The number of anilines is 1. The maximum atomic E-state index is 12.6. The first kappa shape index (κ1) is 11.1. The molecule has 0 radical (unpaired) electrons. The van der Waals surface area contributed by atoms with Gasteiger partial charge in [-0.2, -0.15) is 0 Å². The maximum Gasteiger partial charge on any atom is 0.280 e. The van der Waals surface area contributed by atoms with Crippen molar-refractivity contribution >= 4 is 28.2 Å². The molecule has 2 nitrogen and oxygen atoms in total. The first-order valence-corrected chi connectivity index (χ1v) is 5.02. The number of benzene rings is 1. The first-order valence-electron chi connectivity index (χ1n) is 4.64. The number of halogens is 3. The van der Waals surface area contributed by atoms with Crippen molar-refractivity contribution in [3.63, 3.8) is 0 Å². The van der Waals surface area contributed by atoms with Crippen LogP contribution in [0.5, 0.6) is 0 Å². The summed E-state index contributed by atoms with van der Waals surface area (Å²) in [5, 5.41) is 0.956. The van der Waals surface area contributed by atoms with Gasteiger partial charge in [-0.15, -0.1) is 0 Å². The highest BCUT2D eigenvalue weighted by molar-refractivity contribution is 6.36. The third-order valence-electron chi connectivity index (χ3n) is 2.39. The van der Waals surface area contributed by atoms with Crippen LogP contribution in [0.25, 0.3) is 10.9 Å². The minimum atomic E-state index is -2.63. The van der Waals surface area contributed by atoms with Crippen LogP contribution in [0.1, 0.15) is 17.7 Å². The number of aryl methyl sites for hydroxylation is 1. The summed E-state index contributed by atoms with van der Waals surface area (Å²) < 4.78 is 25.1. The normalized spacial score (nSPS) is 11.3. The van der Waals surface area contributed by atoms with Gasteiger partial charge in [0.25, 0.3) is 6.43 Å². The van der Waals surface area contributed by atoms with Gasteiger partial charge in [0.1, 0.15) is 5.69 Å². The molecule has 2 rings (SSSR count). The van der Waals surface area contributed by atoms with Crippen molar-refractivity contribution in [3.8, 4) is 0 Å². The van der Waals surface area contributed by atoms with E-state index in [1.165, 1.54) is 6.07 Å². The standard InChI is InChI=1S/C11H9ClF2N2/c1-5-2-3-6(12)9-7(15)4-8(11(13)14)16-10(5)9/h2-4,11H,1H3,(H2,15,16). The molecule has 0 aliphatic heterocycles. The van der Waals surface area contributed by atoms with Gasteiger partial charge in [0.2, 0.25) is 0 Å². The lowest BCUT2D eigenvalue weighted by atomic mass is 10.1. The Balaban J connectivity index is 2.86. The van der Waals surface area contributed by atoms with Gasteiger partial charge in [-0.3, -0.25) is 0 Å². The molecule has 0 unspecified atom stereocenters. The third kappa shape index (κ3) is 1.69. The topological polar surface area (TPSA) is 38.9 Å². The quantitative estimate of drug-likeness (QED) is 0.828. The number of aromatic nitrogens is 1. The van der Waals surface area contributed by atoms with Crippen LogP contribution in [0.15, 0.2) is 18.2 Å². The zero-order chi connectivity index (χ0) is 11.9. The zero-order valence-corrected chi connectivity index (χ0v) is 9.22. The van der Waals surface area contributed by atoms with Crippen molar-refractivity contribution in [1.29, 1.82) is 0 Å². The van der Waals surface area contributed by atoms with E-state index in [2.05, 4.69) is 4.98 Å². The molecule has 0 aliphatic rings. The number of nitrogen functional groups attached to an aromatic ring is 1. The Morgan fingerprint density at radius 1 is 1.38 bits per heavy atom. The SMILES string of the molecule is Cc1ccc(Cl)c2c(N)cc(C(F)F)nc12. The Morgan fingerprint density at radius 2 is 2.06 bits per heavy atom. The molecule has 0 amide bonds. The smallest absolute Gasteiger partial charge is 0.280 e. The predicted octanol–water partition coefficient (Wildman–Crippen LogP) is 3.72. The van der Waals surface area contributed by atoms with Crippen LogP contribution < -0.4 is 5.73 Å². The van der Waals surface area contributed by atoms with E-state index in [0.29, 0.717) is 15.9 Å². The fraction of sp³-hybridized carbons (Fsp3) is 0.182. The summed E-state index contributed by atoms with van der Waals surface area (Å²) in [5.74, 6) is 0. The van der Waals surface area contributed by atoms with Gasteiger partial charge in [-0.05, 0) is 24.6 Å². The fourth-order valence-corrected chi connectivity index (χ4v) is 1.86. The van der Waals surface area contributed by atoms with E-state index in [-0.39, 0.29) is 11.4 Å². The Morgan fingerprint density at radius 3 is 2.69 bits per heavy atom. The van der Waals surface area contributed by atoms with E-state index >= 15 is 0 Å². The summed E-state index contributed by atoms with van der Waals surface area (Å²) in [5.41, 5.74) is 6.82. The van der Waals surface area contributed by atoms with Gasteiger partial charge >= 0.3 is 0 Å². The van der Waals surface area contributed by atoms with Crippen molar-refractivity contribution < 1.29 is 8.78 Å². The summed E-state index contributed by atoms with van der Waals surface area (Å²) in [6.45, 7) is 1.78. The van der Waals surface area contributed by atoms with Crippen LogP contribution in [-0.4, -0.2) is 4.98 Å². The van der Waals surface area contributed by atoms with Crippen molar-refractivity contribution in [3.05, 3.63) is 34.5 Å². The summed E-state index contributed by atoms with van der Waals surface area (Å²) in [7, 11) is 0. The molecule has 1 aromatic heterocycles. The molecule has 0 spiro atoms. The Kier molecular flexibility index (Phi) is 2.68. The predicted molar refractivity (Wildman–Crippen MR) is 60.9 cm³/mol. The number of nitrogens with two attached hydrogens (primary N) is 1. The molecular formula is C11H9ClF2N2. The minimum Gasteiger partial charge on any atom is -0.398 e. The van der Waals surface area contributed by atoms with Crippen LogP contribution in [0.2, 0.25) is 5.02 Å². The average molecular weight is 243 g/mol. The molecule has 2 N–H and O–H groups in total. The number of rotatable bonds is 1. The Hall–Kier alpha value is -1.42. The molecule has 84 valence electrons. The van der Waals surface area contributed by atoms with E-state index in [1.807, 2.05) is 0 Å². The van der Waals surface area contributed by atoms with Gasteiger partial charge in [0.15, 0.2) is 0 Å². The van der Waals surface area contributed by atoms with Gasteiger partial charge in [0.05, 0.1) is 10.5 Å². The Bertz CT molecular complexity index is 555. The summed E-state index contributed by atoms with van der Waals surface area (Å²) in [4.78, 5) is 3.88. The molecule has 1 aromatic carbocycles. The molecule has 0 saturated carbocycles. The number of nitrogens with zero attached hydrogens (tertiary/aromatic N) is 1. The molecule has 2 aromatic rings. The lowest BCUT2D eigenvalue weighted by Crippen LogP contribution is -1.98. The minimum absolute atomic E-state index is 0.231. The summed E-state index contributed by atoms with van der Waals surface area (Å²) in [6.07, 6.45) is -2.63. The molecule has 0 bridgehead atoms. The number of alkyl halides is 2. The highest BCUT2D eigenvalue weighted by Gasteiger charge is 2.14. The number of pyridine rings is 1. The number of hydrogen-bond donors (Lipinski definition) is 1. The maximum absolute atomic E-state index is 12.6. The monoisotopic (exact) mass is 242 g/mol. The van der Waals surface area contributed by atoms with E-state index in [0.717, 1.165) is 5.56 Å². The second-order valence-corrected chi connectivity index (χ2v) is 3.93. The van der Waals surface area contributed by atoms with E-state index in [9.17, 15) is 8.78 Å². The first-order chi connectivity index (χ1) is 7.50. The lowest BCUT2D eigenvalue weighted by Gasteiger charge is -2.09. The van der Waals surface area contributed by atoms with Crippen LogP contribution in [0, 0.1) is 6.92 Å². The average Bonchev–Trinajstić information content (AvgIpc) is 2.22. The zero-order valence-electron chi connectivity index (χ0n) is 8.47. The van der Waals surface area contributed by atoms with Crippen LogP contribution in [-0.2, 0) is 0 Å². The molecule has 0 saturated heterocycles. The van der Waals surface area contributed by atoms with Gasteiger partial charge in [0, 0.05) is 11.1 Å². The van der Waals surface area contributed by atoms with Crippen molar-refractivity contribution in [2.24, 2.45) is 0 Å².